The van der Waals surface area contributed by atoms with Gasteiger partial charge in [0.15, 0.2) is 0 Å². The maximum atomic E-state index is 12.2. The van der Waals surface area contributed by atoms with Gasteiger partial charge in [-0.25, -0.2) is 0 Å². The summed E-state index contributed by atoms with van der Waals surface area (Å²) >= 11 is 3.42. The van der Waals surface area contributed by atoms with Gasteiger partial charge in [0.05, 0.1) is 0 Å². The van der Waals surface area contributed by atoms with Gasteiger partial charge >= 0.3 is 0 Å². The van der Waals surface area contributed by atoms with E-state index in [2.05, 4.69) is 21.2 Å². The maximum absolute atomic E-state index is 12.2. The van der Waals surface area contributed by atoms with E-state index in [9.17, 15) is 4.79 Å². The molecule has 1 saturated carbocycles. The number of hydrogen-bond donors (Lipinski definition) is 2. The summed E-state index contributed by atoms with van der Waals surface area (Å²) in [5.41, 5.74) is 7.52. The topological polar surface area (TPSA) is 55.1 Å². The molecule has 98 valence electrons. The molecule has 0 saturated heterocycles. The van der Waals surface area contributed by atoms with Gasteiger partial charge in [-0.05, 0) is 56.0 Å². The molecular formula is C14H19BrN2O. The Hall–Kier alpha value is -0.870. The van der Waals surface area contributed by atoms with Crippen molar-refractivity contribution in [3.8, 4) is 0 Å². The second kappa shape index (κ2) is 5.85. The van der Waals surface area contributed by atoms with Crippen LogP contribution in [0.3, 0.4) is 0 Å². The van der Waals surface area contributed by atoms with Crippen LogP contribution in [-0.4, -0.2) is 18.5 Å². The monoisotopic (exact) mass is 310 g/mol. The number of amides is 1. The van der Waals surface area contributed by atoms with Gasteiger partial charge in [0, 0.05) is 16.1 Å². The molecule has 0 bridgehead atoms. The molecule has 0 spiro atoms. The fourth-order valence-corrected chi connectivity index (χ4v) is 3.24. The van der Waals surface area contributed by atoms with E-state index in [1.807, 2.05) is 25.1 Å². The molecule has 0 aliphatic heterocycles. The number of carbonyl (C=O) groups excluding carboxylic acids is 1. The van der Waals surface area contributed by atoms with E-state index in [1.165, 1.54) is 0 Å². The zero-order chi connectivity index (χ0) is 13.1. The molecule has 18 heavy (non-hydrogen) atoms. The first-order chi connectivity index (χ1) is 8.60. The van der Waals surface area contributed by atoms with Crippen LogP contribution in [0, 0.1) is 12.8 Å². The van der Waals surface area contributed by atoms with Crippen molar-refractivity contribution in [1.82, 2.24) is 5.32 Å². The van der Waals surface area contributed by atoms with Crippen LogP contribution in [0.4, 0.5) is 0 Å². The zero-order valence-corrected chi connectivity index (χ0v) is 12.2. The van der Waals surface area contributed by atoms with Gasteiger partial charge in [-0.2, -0.15) is 0 Å². The van der Waals surface area contributed by atoms with Crippen LogP contribution in [0.25, 0.3) is 0 Å². The molecule has 1 aliphatic rings. The highest BCUT2D eigenvalue weighted by Crippen LogP contribution is 2.25. The van der Waals surface area contributed by atoms with Crippen LogP contribution in [0.5, 0.6) is 0 Å². The second-order valence-electron chi connectivity index (χ2n) is 5.02. The third-order valence-electron chi connectivity index (χ3n) is 3.58. The lowest BCUT2D eigenvalue weighted by molar-refractivity contribution is 0.0928. The lowest BCUT2D eigenvalue weighted by Gasteiger charge is -2.19. The van der Waals surface area contributed by atoms with E-state index in [0.717, 1.165) is 29.3 Å². The average Bonchev–Trinajstić information content (AvgIpc) is 2.75. The normalized spacial score (nSPS) is 23.1. The van der Waals surface area contributed by atoms with Crippen molar-refractivity contribution in [2.24, 2.45) is 11.7 Å². The number of nitrogens with one attached hydrogen (secondary N) is 1. The number of halogens is 1. The number of rotatable bonds is 3. The van der Waals surface area contributed by atoms with Crippen molar-refractivity contribution in [2.45, 2.75) is 32.2 Å². The molecule has 2 rings (SSSR count). The fraction of sp³-hybridized carbons (Fsp3) is 0.500. The second-order valence-corrected chi connectivity index (χ2v) is 5.94. The largest absolute Gasteiger partial charge is 0.349 e. The fourth-order valence-electron chi connectivity index (χ4n) is 2.63. The number of benzene rings is 1. The molecule has 3 N–H and O–H groups in total. The van der Waals surface area contributed by atoms with Gasteiger partial charge in [-0.15, -0.1) is 0 Å². The predicted octanol–water partition coefficient (Wildman–Crippen LogP) is 2.61. The Morgan fingerprint density at radius 2 is 2.22 bits per heavy atom. The molecule has 1 aliphatic carbocycles. The van der Waals surface area contributed by atoms with Gasteiger partial charge < -0.3 is 11.1 Å². The van der Waals surface area contributed by atoms with Crippen LogP contribution in [0.15, 0.2) is 22.7 Å². The third-order valence-corrected chi connectivity index (χ3v) is 4.04. The molecule has 3 nitrogen and oxygen atoms in total. The maximum Gasteiger partial charge on any atom is 0.251 e. The summed E-state index contributed by atoms with van der Waals surface area (Å²) in [5.74, 6) is 0.437. The third kappa shape index (κ3) is 3.12. The predicted molar refractivity (Wildman–Crippen MR) is 76.5 cm³/mol. The van der Waals surface area contributed by atoms with Crippen molar-refractivity contribution in [3.63, 3.8) is 0 Å². The average molecular weight is 311 g/mol. The van der Waals surface area contributed by atoms with Gasteiger partial charge in [-0.1, -0.05) is 22.4 Å². The molecule has 1 fully saturated rings. The highest BCUT2D eigenvalue weighted by Gasteiger charge is 2.27. The summed E-state index contributed by atoms with van der Waals surface area (Å²) in [7, 11) is 0. The lowest BCUT2D eigenvalue weighted by Crippen LogP contribution is -2.39. The van der Waals surface area contributed by atoms with Crippen molar-refractivity contribution < 1.29 is 4.79 Å². The molecule has 1 aromatic carbocycles. The van der Waals surface area contributed by atoms with Gasteiger partial charge in [0.2, 0.25) is 0 Å². The SMILES string of the molecule is Cc1cc(Br)cc(C(=O)NC2CCCC2CN)c1. The van der Waals surface area contributed by atoms with Gasteiger partial charge in [0.25, 0.3) is 5.91 Å². The standard InChI is InChI=1S/C14H19BrN2O/c1-9-5-11(7-12(15)6-9)14(18)17-13-4-2-3-10(13)8-16/h5-7,10,13H,2-4,8,16H2,1H3,(H,17,18). The molecule has 1 aromatic rings. The van der Waals surface area contributed by atoms with E-state index < -0.39 is 0 Å². The first-order valence-corrected chi connectivity index (χ1v) is 7.17. The summed E-state index contributed by atoms with van der Waals surface area (Å²) in [6.07, 6.45) is 3.32. The van der Waals surface area contributed by atoms with Crippen molar-refractivity contribution in [1.29, 1.82) is 0 Å². The van der Waals surface area contributed by atoms with Crippen LogP contribution in [0.1, 0.15) is 35.2 Å². The highest BCUT2D eigenvalue weighted by atomic mass is 79.9. The number of nitrogens with two attached hydrogens (primary N) is 1. The van der Waals surface area contributed by atoms with E-state index in [1.54, 1.807) is 0 Å². The van der Waals surface area contributed by atoms with Gasteiger partial charge in [0.1, 0.15) is 0 Å². The number of hydrogen-bond acceptors (Lipinski definition) is 2. The molecule has 0 radical (unpaired) electrons. The van der Waals surface area contributed by atoms with E-state index in [4.69, 9.17) is 5.73 Å². The van der Waals surface area contributed by atoms with Crippen molar-refractivity contribution in [3.05, 3.63) is 33.8 Å². The molecular weight excluding hydrogens is 292 g/mol. The Kier molecular flexibility index (Phi) is 4.40. The molecule has 2 atom stereocenters. The summed E-state index contributed by atoms with van der Waals surface area (Å²) in [5, 5.41) is 3.11. The highest BCUT2D eigenvalue weighted by molar-refractivity contribution is 9.10. The Balaban J connectivity index is 2.07. The Labute approximate surface area is 116 Å². The zero-order valence-electron chi connectivity index (χ0n) is 10.6. The first kappa shape index (κ1) is 13.6. The van der Waals surface area contributed by atoms with Crippen LogP contribution < -0.4 is 11.1 Å². The van der Waals surface area contributed by atoms with E-state index in [0.29, 0.717) is 18.0 Å². The van der Waals surface area contributed by atoms with Gasteiger partial charge in [-0.3, -0.25) is 4.79 Å². The Morgan fingerprint density at radius 3 is 2.89 bits per heavy atom. The lowest BCUT2D eigenvalue weighted by atomic mass is 10.0. The molecule has 4 heteroatoms. The van der Waals surface area contributed by atoms with E-state index >= 15 is 0 Å². The quantitative estimate of drug-likeness (QED) is 0.901. The minimum absolute atomic E-state index is 0.00440. The van der Waals surface area contributed by atoms with Crippen LogP contribution >= 0.6 is 15.9 Å². The summed E-state index contributed by atoms with van der Waals surface area (Å²) in [4.78, 5) is 12.2. The van der Waals surface area contributed by atoms with Crippen LogP contribution in [0.2, 0.25) is 0 Å². The number of carbonyl (C=O) groups is 1. The summed E-state index contributed by atoms with van der Waals surface area (Å²) < 4.78 is 0.939. The number of aryl methyl sites for hydroxylation is 1. The molecule has 1 amide bonds. The van der Waals surface area contributed by atoms with E-state index in [-0.39, 0.29) is 11.9 Å². The smallest absolute Gasteiger partial charge is 0.251 e. The molecule has 0 heterocycles. The Bertz CT molecular complexity index is 427. The van der Waals surface area contributed by atoms with Crippen molar-refractivity contribution in [2.75, 3.05) is 6.54 Å². The first-order valence-electron chi connectivity index (χ1n) is 6.38. The Morgan fingerprint density at radius 1 is 1.44 bits per heavy atom. The minimum Gasteiger partial charge on any atom is -0.349 e. The molecule has 2 unspecified atom stereocenters. The van der Waals surface area contributed by atoms with Crippen LogP contribution in [-0.2, 0) is 0 Å². The summed E-state index contributed by atoms with van der Waals surface area (Å²) in [6, 6.07) is 6.00. The van der Waals surface area contributed by atoms with Crippen molar-refractivity contribution >= 4 is 21.8 Å². The minimum atomic E-state index is 0.00440. The summed E-state index contributed by atoms with van der Waals surface area (Å²) in [6.45, 7) is 2.64. The molecule has 0 aromatic heterocycles.